The molecule has 0 radical (unpaired) electrons. The average Bonchev–Trinajstić information content (AvgIpc) is 3.12. The van der Waals surface area contributed by atoms with E-state index in [9.17, 15) is 4.79 Å². The summed E-state index contributed by atoms with van der Waals surface area (Å²) in [6.07, 6.45) is 5.80. The van der Waals surface area contributed by atoms with E-state index in [4.69, 9.17) is 0 Å². The third kappa shape index (κ3) is 5.15. The predicted octanol–water partition coefficient (Wildman–Crippen LogP) is 4.77. The Morgan fingerprint density at radius 2 is 1.54 bits per heavy atom. The van der Waals surface area contributed by atoms with Gasteiger partial charge in [-0.25, -0.2) is 0 Å². The standard InChI is InChI=1S/C24H30N2O.ClH/c27-24(21-14-8-3-9-15-21)25-23-18-26(16-19-10-4-1-5-11-19)17-22(23)20-12-6-2-7-13-20;/h1-2,4-7,10-13,21-23H,3,8-9,14-18H2,(H,25,27);1H/t22-,23+;/m0./s1. The third-order valence-electron chi connectivity index (χ3n) is 6.18. The molecule has 2 atom stereocenters. The smallest absolute Gasteiger partial charge is 0.223 e. The number of carbonyl (C=O) groups excluding carboxylic acids is 1. The van der Waals surface area contributed by atoms with Crippen LogP contribution in [0.1, 0.15) is 49.1 Å². The minimum Gasteiger partial charge on any atom is -0.351 e. The van der Waals surface area contributed by atoms with Crippen LogP contribution < -0.4 is 5.32 Å². The Morgan fingerprint density at radius 3 is 2.21 bits per heavy atom. The second-order valence-electron chi connectivity index (χ2n) is 8.15. The summed E-state index contributed by atoms with van der Waals surface area (Å²) in [4.78, 5) is 15.4. The summed E-state index contributed by atoms with van der Waals surface area (Å²) in [5, 5.41) is 3.43. The van der Waals surface area contributed by atoms with Gasteiger partial charge in [0.05, 0.1) is 0 Å². The van der Waals surface area contributed by atoms with Crippen LogP contribution in [-0.4, -0.2) is 29.9 Å². The number of nitrogens with one attached hydrogen (secondary N) is 1. The average molecular weight is 399 g/mol. The van der Waals surface area contributed by atoms with Gasteiger partial charge in [-0.05, 0) is 24.0 Å². The van der Waals surface area contributed by atoms with E-state index in [2.05, 4.69) is 70.9 Å². The number of benzene rings is 2. The van der Waals surface area contributed by atoms with Gasteiger partial charge in [0.1, 0.15) is 0 Å². The van der Waals surface area contributed by atoms with Crippen molar-refractivity contribution in [2.24, 2.45) is 5.92 Å². The highest BCUT2D eigenvalue weighted by Gasteiger charge is 2.36. The van der Waals surface area contributed by atoms with Gasteiger partial charge in [0.15, 0.2) is 0 Å². The summed E-state index contributed by atoms with van der Waals surface area (Å²) >= 11 is 0. The fourth-order valence-corrected chi connectivity index (χ4v) is 4.71. The van der Waals surface area contributed by atoms with Crippen LogP contribution >= 0.6 is 12.4 Å². The Morgan fingerprint density at radius 1 is 0.893 bits per heavy atom. The van der Waals surface area contributed by atoms with Crippen LogP contribution in [-0.2, 0) is 11.3 Å². The molecule has 1 heterocycles. The van der Waals surface area contributed by atoms with Gasteiger partial charge < -0.3 is 5.32 Å². The largest absolute Gasteiger partial charge is 0.351 e. The van der Waals surface area contributed by atoms with Gasteiger partial charge in [-0.3, -0.25) is 9.69 Å². The molecular weight excluding hydrogens is 368 g/mol. The molecule has 1 saturated carbocycles. The minimum atomic E-state index is 0. The molecule has 0 aromatic heterocycles. The van der Waals surface area contributed by atoms with Gasteiger partial charge in [-0.15, -0.1) is 12.4 Å². The van der Waals surface area contributed by atoms with E-state index in [-0.39, 0.29) is 30.3 Å². The molecule has 1 N–H and O–H groups in total. The van der Waals surface area contributed by atoms with Crippen LogP contribution in [0.2, 0.25) is 0 Å². The van der Waals surface area contributed by atoms with E-state index in [0.29, 0.717) is 5.92 Å². The van der Waals surface area contributed by atoms with Crippen LogP contribution in [0.5, 0.6) is 0 Å². The van der Waals surface area contributed by atoms with Crippen molar-refractivity contribution in [2.45, 2.75) is 50.6 Å². The molecule has 2 fully saturated rings. The number of likely N-dealkylation sites (tertiary alicyclic amines) is 1. The van der Waals surface area contributed by atoms with E-state index in [1.54, 1.807) is 0 Å². The highest BCUT2D eigenvalue weighted by atomic mass is 35.5. The number of carbonyl (C=O) groups is 1. The molecule has 0 bridgehead atoms. The highest BCUT2D eigenvalue weighted by Crippen LogP contribution is 2.30. The van der Waals surface area contributed by atoms with Crippen molar-refractivity contribution in [1.82, 2.24) is 10.2 Å². The molecular formula is C24H31ClN2O. The van der Waals surface area contributed by atoms with Crippen molar-refractivity contribution < 1.29 is 4.79 Å². The maximum atomic E-state index is 12.9. The van der Waals surface area contributed by atoms with Gasteiger partial charge in [0, 0.05) is 37.5 Å². The molecule has 1 aliphatic heterocycles. The molecule has 0 unspecified atom stereocenters. The quantitative estimate of drug-likeness (QED) is 0.786. The number of amides is 1. The molecule has 3 nitrogen and oxygen atoms in total. The van der Waals surface area contributed by atoms with Crippen molar-refractivity contribution in [1.29, 1.82) is 0 Å². The van der Waals surface area contributed by atoms with Crippen molar-refractivity contribution in [2.75, 3.05) is 13.1 Å². The van der Waals surface area contributed by atoms with E-state index in [1.165, 1.54) is 30.4 Å². The van der Waals surface area contributed by atoms with Crippen molar-refractivity contribution >= 4 is 18.3 Å². The van der Waals surface area contributed by atoms with Gasteiger partial charge >= 0.3 is 0 Å². The zero-order valence-electron chi connectivity index (χ0n) is 16.4. The Bertz CT molecular complexity index is 731. The van der Waals surface area contributed by atoms with Crippen LogP contribution in [0.15, 0.2) is 60.7 Å². The second-order valence-corrected chi connectivity index (χ2v) is 8.15. The van der Waals surface area contributed by atoms with E-state index >= 15 is 0 Å². The van der Waals surface area contributed by atoms with Crippen molar-refractivity contribution in [3.63, 3.8) is 0 Å². The number of nitrogens with zero attached hydrogens (tertiary/aromatic N) is 1. The first-order valence-electron chi connectivity index (χ1n) is 10.4. The van der Waals surface area contributed by atoms with Gasteiger partial charge in [-0.2, -0.15) is 0 Å². The molecule has 28 heavy (non-hydrogen) atoms. The van der Waals surface area contributed by atoms with E-state index in [0.717, 1.165) is 32.5 Å². The highest BCUT2D eigenvalue weighted by molar-refractivity contribution is 5.85. The van der Waals surface area contributed by atoms with Crippen LogP contribution in [0.4, 0.5) is 0 Å². The maximum Gasteiger partial charge on any atom is 0.223 e. The van der Waals surface area contributed by atoms with Crippen LogP contribution in [0, 0.1) is 5.92 Å². The molecule has 0 spiro atoms. The van der Waals surface area contributed by atoms with E-state index < -0.39 is 0 Å². The molecule has 2 aromatic carbocycles. The predicted molar refractivity (Wildman–Crippen MR) is 117 cm³/mol. The van der Waals surface area contributed by atoms with Gasteiger partial charge in [-0.1, -0.05) is 79.9 Å². The SMILES string of the molecule is Cl.O=C(N[C@@H]1CN(Cc2ccccc2)C[C@H]1c1ccccc1)C1CCCCC1. The monoisotopic (exact) mass is 398 g/mol. The summed E-state index contributed by atoms with van der Waals surface area (Å²) < 4.78 is 0. The lowest BCUT2D eigenvalue weighted by atomic mass is 9.87. The van der Waals surface area contributed by atoms with Crippen molar-refractivity contribution in [3.8, 4) is 0 Å². The summed E-state index contributed by atoms with van der Waals surface area (Å²) in [6.45, 7) is 2.86. The number of hydrogen-bond acceptors (Lipinski definition) is 2. The molecule has 150 valence electrons. The first kappa shape index (κ1) is 20.9. The minimum absolute atomic E-state index is 0. The molecule has 1 saturated heterocycles. The number of halogens is 1. The lowest BCUT2D eigenvalue weighted by molar-refractivity contribution is -0.126. The van der Waals surface area contributed by atoms with Gasteiger partial charge in [0.25, 0.3) is 0 Å². The lowest BCUT2D eigenvalue weighted by Crippen LogP contribution is -2.43. The molecule has 2 aliphatic rings. The normalized spacial score (nSPS) is 23.1. The Balaban J connectivity index is 0.00000225. The molecule has 2 aromatic rings. The topological polar surface area (TPSA) is 32.3 Å². The number of rotatable bonds is 5. The Labute approximate surface area is 174 Å². The van der Waals surface area contributed by atoms with Crippen LogP contribution in [0.25, 0.3) is 0 Å². The Kier molecular flexibility index (Phi) is 7.52. The third-order valence-corrected chi connectivity index (χ3v) is 6.18. The summed E-state index contributed by atoms with van der Waals surface area (Å²) in [5.41, 5.74) is 2.67. The first-order chi connectivity index (χ1) is 13.3. The zero-order valence-corrected chi connectivity index (χ0v) is 17.2. The number of hydrogen-bond donors (Lipinski definition) is 1. The lowest BCUT2D eigenvalue weighted by Gasteiger charge is -2.25. The molecule has 4 heteroatoms. The molecule has 1 aliphatic carbocycles. The molecule has 1 amide bonds. The Hall–Kier alpha value is -1.84. The van der Waals surface area contributed by atoms with Crippen molar-refractivity contribution in [3.05, 3.63) is 71.8 Å². The summed E-state index contributed by atoms with van der Waals surface area (Å²) in [6, 6.07) is 21.5. The van der Waals surface area contributed by atoms with E-state index in [1.807, 2.05) is 0 Å². The fourth-order valence-electron chi connectivity index (χ4n) is 4.71. The second kappa shape index (κ2) is 10.1. The van der Waals surface area contributed by atoms with Crippen LogP contribution in [0.3, 0.4) is 0 Å². The maximum absolute atomic E-state index is 12.9. The van der Waals surface area contributed by atoms with Gasteiger partial charge in [0.2, 0.25) is 5.91 Å². The zero-order chi connectivity index (χ0) is 18.5. The summed E-state index contributed by atoms with van der Waals surface area (Å²) in [5.74, 6) is 0.864. The summed E-state index contributed by atoms with van der Waals surface area (Å²) in [7, 11) is 0. The first-order valence-corrected chi connectivity index (χ1v) is 10.4. The molecule has 4 rings (SSSR count). The fraction of sp³-hybridized carbons (Fsp3) is 0.458.